The van der Waals surface area contributed by atoms with Gasteiger partial charge in [-0.15, -0.1) is 0 Å². The van der Waals surface area contributed by atoms with Crippen LogP contribution in [0.15, 0.2) is 30.3 Å². The molecule has 2 atom stereocenters. The van der Waals surface area contributed by atoms with E-state index in [2.05, 4.69) is 19.2 Å². The molecule has 0 aliphatic heterocycles. The molecule has 21 heavy (non-hydrogen) atoms. The van der Waals surface area contributed by atoms with Gasteiger partial charge in [0.2, 0.25) is 5.91 Å². The summed E-state index contributed by atoms with van der Waals surface area (Å²) in [4.78, 5) is 12.6. The van der Waals surface area contributed by atoms with Crippen LogP contribution in [-0.4, -0.2) is 23.7 Å². The van der Waals surface area contributed by atoms with Crippen LogP contribution in [0.3, 0.4) is 0 Å². The smallest absolute Gasteiger partial charge is 0.223 e. The maximum atomic E-state index is 12.6. The quantitative estimate of drug-likeness (QED) is 0.875. The Hall–Kier alpha value is -1.35. The van der Waals surface area contributed by atoms with Crippen molar-refractivity contribution in [3.05, 3.63) is 35.9 Å². The number of hydrogen-bond donors (Lipinski definition) is 2. The minimum atomic E-state index is -0.197. The molecule has 1 aromatic rings. The van der Waals surface area contributed by atoms with E-state index in [0.29, 0.717) is 6.42 Å². The fourth-order valence-electron chi connectivity index (χ4n) is 3.34. The number of carbonyl (C=O) groups excluding carboxylic acids is 1. The second kappa shape index (κ2) is 7.08. The molecule has 1 fully saturated rings. The molecule has 0 heterocycles. The Balaban J connectivity index is 1.96. The number of aliphatic hydroxyl groups excluding tert-OH is 1. The molecule has 2 rings (SSSR count). The number of carbonyl (C=O) groups is 1. The van der Waals surface area contributed by atoms with Crippen LogP contribution in [0.1, 0.15) is 45.1 Å². The maximum Gasteiger partial charge on any atom is 0.223 e. The van der Waals surface area contributed by atoms with Crippen molar-refractivity contribution in [2.75, 3.05) is 6.61 Å². The molecule has 1 amide bonds. The third kappa shape index (κ3) is 4.31. The fourth-order valence-corrected chi connectivity index (χ4v) is 3.34. The van der Waals surface area contributed by atoms with Crippen molar-refractivity contribution in [3.8, 4) is 0 Å². The van der Waals surface area contributed by atoms with Crippen molar-refractivity contribution >= 4 is 5.91 Å². The zero-order chi connectivity index (χ0) is 15.3. The molecular weight excluding hydrogens is 262 g/mol. The maximum absolute atomic E-state index is 12.6. The van der Waals surface area contributed by atoms with Crippen LogP contribution in [0.5, 0.6) is 0 Å². The summed E-state index contributed by atoms with van der Waals surface area (Å²) in [5, 5.41) is 12.6. The van der Waals surface area contributed by atoms with E-state index >= 15 is 0 Å². The van der Waals surface area contributed by atoms with E-state index in [1.807, 2.05) is 30.3 Å². The van der Waals surface area contributed by atoms with Gasteiger partial charge in [-0.25, -0.2) is 0 Å². The van der Waals surface area contributed by atoms with Crippen molar-refractivity contribution < 1.29 is 9.90 Å². The number of hydrogen-bond acceptors (Lipinski definition) is 2. The van der Waals surface area contributed by atoms with Gasteiger partial charge in [0.25, 0.3) is 0 Å². The van der Waals surface area contributed by atoms with Gasteiger partial charge in [0.15, 0.2) is 0 Å². The molecule has 0 radical (unpaired) electrons. The molecular formula is C18H27NO2. The number of rotatable bonds is 5. The molecule has 3 heteroatoms. The first-order valence-corrected chi connectivity index (χ1v) is 7.98. The Bertz CT molecular complexity index is 456. The van der Waals surface area contributed by atoms with Gasteiger partial charge in [-0.05, 0) is 30.2 Å². The van der Waals surface area contributed by atoms with E-state index in [0.717, 1.165) is 24.8 Å². The molecule has 0 bridgehead atoms. The molecule has 0 aromatic heterocycles. The third-order valence-electron chi connectivity index (χ3n) is 4.72. The highest BCUT2D eigenvalue weighted by Gasteiger charge is 2.37. The summed E-state index contributed by atoms with van der Waals surface area (Å²) in [6, 6.07) is 9.79. The molecule has 3 nitrogen and oxygen atoms in total. The first-order chi connectivity index (χ1) is 10.0. The molecule has 1 aromatic carbocycles. The minimum absolute atomic E-state index is 0.0201. The Morgan fingerprint density at radius 3 is 2.67 bits per heavy atom. The molecule has 1 aliphatic carbocycles. The van der Waals surface area contributed by atoms with Crippen LogP contribution in [-0.2, 0) is 11.2 Å². The molecule has 1 aliphatic rings. The predicted molar refractivity (Wildman–Crippen MR) is 84.9 cm³/mol. The summed E-state index contributed by atoms with van der Waals surface area (Å²) < 4.78 is 0. The van der Waals surface area contributed by atoms with Crippen molar-refractivity contribution in [3.63, 3.8) is 0 Å². The lowest BCUT2D eigenvalue weighted by molar-refractivity contribution is -0.131. The van der Waals surface area contributed by atoms with Gasteiger partial charge in [-0.2, -0.15) is 0 Å². The van der Waals surface area contributed by atoms with Crippen LogP contribution < -0.4 is 5.32 Å². The standard InChI is InChI=1S/C18H27NO2/c1-18(2)11-7-6-10-16(18)17(21)19-15(13-20)12-14-8-4-3-5-9-14/h3-5,8-9,15-16,20H,6-7,10-13H2,1-2H3,(H,19,21)/t15-,16?/m1/s1. The fraction of sp³-hybridized carbons (Fsp3) is 0.611. The first-order valence-electron chi connectivity index (χ1n) is 7.98. The lowest BCUT2D eigenvalue weighted by atomic mass is 9.68. The Morgan fingerprint density at radius 1 is 1.33 bits per heavy atom. The molecule has 0 spiro atoms. The van der Waals surface area contributed by atoms with E-state index in [-0.39, 0.29) is 29.9 Å². The van der Waals surface area contributed by atoms with Crippen molar-refractivity contribution in [1.29, 1.82) is 0 Å². The van der Waals surface area contributed by atoms with Gasteiger partial charge in [0, 0.05) is 5.92 Å². The number of nitrogens with one attached hydrogen (secondary N) is 1. The van der Waals surface area contributed by atoms with Gasteiger partial charge >= 0.3 is 0 Å². The largest absolute Gasteiger partial charge is 0.394 e. The third-order valence-corrected chi connectivity index (χ3v) is 4.72. The number of amides is 1. The number of benzene rings is 1. The second-order valence-electron chi connectivity index (χ2n) is 6.86. The average Bonchev–Trinajstić information content (AvgIpc) is 2.47. The van der Waals surface area contributed by atoms with Crippen molar-refractivity contribution in [1.82, 2.24) is 5.32 Å². The Kier molecular flexibility index (Phi) is 5.40. The molecule has 0 saturated heterocycles. The Morgan fingerprint density at radius 2 is 2.05 bits per heavy atom. The van der Waals surface area contributed by atoms with Gasteiger partial charge < -0.3 is 10.4 Å². The summed E-state index contributed by atoms with van der Waals surface area (Å²) >= 11 is 0. The van der Waals surface area contributed by atoms with Gasteiger partial charge in [-0.1, -0.05) is 57.0 Å². The zero-order valence-electron chi connectivity index (χ0n) is 13.1. The van der Waals surface area contributed by atoms with E-state index in [1.165, 1.54) is 6.42 Å². The van der Waals surface area contributed by atoms with Crippen molar-refractivity contribution in [2.24, 2.45) is 11.3 Å². The van der Waals surface area contributed by atoms with Crippen LogP contribution in [0.4, 0.5) is 0 Å². The van der Waals surface area contributed by atoms with Crippen LogP contribution in [0.25, 0.3) is 0 Å². The van der Waals surface area contributed by atoms with E-state index in [9.17, 15) is 9.90 Å². The van der Waals surface area contributed by atoms with Crippen LogP contribution in [0, 0.1) is 11.3 Å². The molecule has 1 saturated carbocycles. The Labute approximate surface area is 127 Å². The van der Waals surface area contributed by atoms with E-state index in [1.54, 1.807) is 0 Å². The zero-order valence-corrected chi connectivity index (χ0v) is 13.1. The highest BCUT2D eigenvalue weighted by atomic mass is 16.3. The minimum Gasteiger partial charge on any atom is -0.394 e. The molecule has 1 unspecified atom stereocenters. The lowest BCUT2D eigenvalue weighted by Crippen LogP contribution is -2.47. The normalized spacial score (nSPS) is 22.5. The summed E-state index contributed by atoms with van der Waals surface area (Å²) in [7, 11) is 0. The lowest BCUT2D eigenvalue weighted by Gasteiger charge is -2.38. The van der Waals surface area contributed by atoms with Gasteiger partial charge in [-0.3, -0.25) is 4.79 Å². The average molecular weight is 289 g/mol. The number of aliphatic hydroxyl groups is 1. The summed E-state index contributed by atoms with van der Waals surface area (Å²) in [5.74, 6) is 0.172. The highest BCUT2D eigenvalue weighted by Crippen LogP contribution is 2.40. The van der Waals surface area contributed by atoms with Crippen LogP contribution >= 0.6 is 0 Å². The summed E-state index contributed by atoms with van der Waals surface area (Å²) in [6.45, 7) is 4.34. The first kappa shape index (κ1) is 16.0. The van der Waals surface area contributed by atoms with Crippen molar-refractivity contribution in [2.45, 2.75) is 52.0 Å². The molecule has 2 N–H and O–H groups in total. The second-order valence-corrected chi connectivity index (χ2v) is 6.86. The highest BCUT2D eigenvalue weighted by molar-refractivity contribution is 5.79. The predicted octanol–water partition coefficient (Wildman–Crippen LogP) is 2.92. The monoisotopic (exact) mass is 289 g/mol. The van der Waals surface area contributed by atoms with Gasteiger partial charge in [0.1, 0.15) is 0 Å². The SMILES string of the molecule is CC1(C)CCCCC1C(=O)N[C@@H](CO)Cc1ccccc1. The van der Waals surface area contributed by atoms with Crippen LogP contribution in [0.2, 0.25) is 0 Å². The molecule has 116 valence electrons. The summed E-state index contributed by atoms with van der Waals surface area (Å²) in [6.07, 6.45) is 5.08. The van der Waals surface area contributed by atoms with E-state index in [4.69, 9.17) is 0 Å². The summed E-state index contributed by atoms with van der Waals surface area (Å²) in [5.41, 5.74) is 1.20. The topological polar surface area (TPSA) is 49.3 Å². The van der Waals surface area contributed by atoms with Gasteiger partial charge in [0.05, 0.1) is 12.6 Å². The van der Waals surface area contributed by atoms with E-state index < -0.39 is 0 Å².